The summed E-state index contributed by atoms with van der Waals surface area (Å²) in [6.07, 6.45) is 0.950. The van der Waals surface area contributed by atoms with Crippen LogP contribution in [0.4, 0.5) is 20.2 Å². The molecule has 0 aliphatic carbocycles. The van der Waals surface area contributed by atoms with Gasteiger partial charge < -0.3 is 15.8 Å². The van der Waals surface area contributed by atoms with Crippen molar-refractivity contribution < 1.29 is 13.5 Å². The topological polar surface area (TPSA) is 47.3 Å². The predicted molar refractivity (Wildman–Crippen MR) is 62.8 cm³/mol. The van der Waals surface area contributed by atoms with Gasteiger partial charge in [-0.1, -0.05) is 0 Å². The zero-order valence-electron chi connectivity index (χ0n) is 9.67. The third-order valence-corrected chi connectivity index (χ3v) is 3.15. The second-order valence-electron chi connectivity index (χ2n) is 4.41. The van der Waals surface area contributed by atoms with Crippen LogP contribution in [0.15, 0.2) is 12.1 Å². The molecular formula is C12H16F2N2O. The van der Waals surface area contributed by atoms with Crippen molar-refractivity contribution in [2.45, 2.75) is 19.4 Å². The van der Waals surface area contributed by atoms with Crippen molar-refractivity contribution in [1.29, 1.82) is 0 Å². The predicted octanol–water partition coefficient (Wildman–Crippen LogP) is 2.38. The van der Waals surface area contributed by atoms with Gasteiger partial charge in [0.2, 0.25) is 0 Å². The Kier molecular flexibility index (Phi) is 3.47. The highest BCUT2D eigenvalue weighted by molar-refractivity contribution is 5.67. The molecule has 1 aliphatic heterocycles. The number of hydrogen-bond acceptors (Lipinski definition) is 3. The van der Waals surface area contributed by atoms with Crippen LogP contribution in [-0.4, -0.2) is 19.3 Å². The fourth-order valence-corrected chi connectivity index (χ4v) is 2.01. The van der Waals surface area contributed by atoms with Gasteiger partial charge in [0.05, 0.1) is 18.0 Å². The van der Waals surface area contributed by atoms with Crippen LogP contribution < -0.4 is 11.1 Å². The van der Waals surface area contributed by atoms with Crippen molar-refractivity contribution in [3.05, 3.63) is 23.8 Å². The van der Waals surface area contributed by atoms with E-state index in [1.165, 1.54) is 6.07 Å². The summed E-state index contributed by atoms with van der Waals surface area (Å²) in [5.41, 5.74) is 5.83. The average Bonchev–Trinajstić information content (AvgIpc) is 2.78. The normalized spacial score (nSPS) is 21.5. The fraction of sp³-hybridized carbons (Fsp3) is 0.500. The Bertz CT molecular complexity index is 406. The lowest BCUT2D eigenvalue weighted by Gasteiger charge is -2.21. The molecule has 0 aromatic heterocycles. The highest BCUT2D eigenvalue weighted by atomic mass is 19.1. The van der Waals surface area contributed by atoms with Crippen molar-refractivity contribution in [2.24, 2.45) is 5.92 Å². The lowest BCUT2D eigenvalue weighted by Crippen LogP contribution is -2.26. The second-order valence-corrected chi connectivity index (χ2v) is 4.41. The van der Waals surface area contributed by atoms with Crippen LogP contribution >= 0.6 is 0 Å². The molecule has 0 amide bonds. The summed E-state index contributed by atoms with van der Waals surface area (Å²) >= 11 is 0. The van der Waals surface area contributed by atoms with Gasteiger partial charge in [-0.3, -0.25) is 0 Å². The van der Waals surface area contributed by atoms with E-state index in [0.717, 1.165) is 19.1 Å². The molecule has 2 unspecified atom stereocenters. The maximum atomic E-state index is 13.2. The van der Waals surface area contributed by atoms with Crippen LogP contribution in [0.5, 0.6) is 0 Å². The Morgan fingerprint density at radius 2 is 2.24 bits per heavy atom. The number of nitrogens with one attached hydrogen (secondary N) is 1. The molecule has 2 rings (SSSR count). The first-order valence-electron chi connectivity index (χ1n) is 5.66. The van der Waals surface area contributed by atoms with Crippen molar-refractivity contribution in [3.63, 3.8) is 0 Å². The van der Waals surface area contributed by atoms with Gasteiger partial charge in [0.1, 0.15) is 5.82 Å². The van der Waals surface area contributed by atoms with E-state index in [1.807, 2.05) is 6.92 Å². The molecule has 0 bridgehead atoms. The monoisotopic (exact) mass is 242 g/mol. The molecule has 0 spiro atoms. The minimum Gasteiger partial charge on any atom is -0.395 e. The van der Waals surface area contributed by atoms with Gasteiger partial charge >= 0.3 is 0 Å². The fourth-order valence-electron chi connectivity index (χ4n) is 2.01. The number of hydrogen-bond donors (Lipinski definition) is 2. The third-order valence-electron chi connectivity index (χ3n) is 3.15. The molecule has 1 aliphatic rings. The molecule has 1 aromatic carbocycles. The molecular weight excluding hydrogens is 226 g/mol. The van der Waals surface area contributed by atoms with E-state index in [9.17, 15) is 8.78 Å². The smallest absolute Gasteiger partial charge is 0.151 e. The molecule has 3 N–H and O–H groups in total. The zero-order valence-corrected chi connectivity index (χ0v) is 9.67. The summed E-state index contributed by atoms with van der Waals surface area (Å²) in [6.45, 7) is 3.37. The van der Waals surface area contributed by atoms with Gasteiger partial charge in [0.15, 0.2) is 5.82 Å². The Morgan fingerprint density at radius 3 is 2.88 bits per heavy atom. The van der Waals surface area contributed by atoms with E-state index in [0.29, 0.717) is 18.2 Å². The Balaban J connectivity index is 2.12. The second kappa shape index (κ2) is 4.87. The molecule has 5 heteroatoms. The van der Waals surface area contributed by atoms with E-state index in [-0.39, 0.29) is 11.7 Å². The number of ether oxygens (including phenoxy) is 1. The summed E-state index contributed by atoms with van der Waals surface area (Å²) in [6, 6.07) is 2.06. The van der Waals surface area contributed by atoms with Crippen molar-refractivity contribution in [3.8, 4) is 0 Å². The van der Waals surface area contributed by atoms with Gasteiger partial charge in [0.25, 0.3) is 0 Å². The highest BCUT2D eigenvalue weighted by Gasteiger charge is 2.23. The molecule has 1 saturated heterocycles. The lowest BCUT2D eigenvalue weighted by atomic mass is 10.0. The summed E-state index contributed by atoms with van der Waals surface area (Å²) < 4.78 is 31.6. The van der Waals surface area contributed by atoms with Gasteiger partial charge in [-0.2, -0.15) is 0 Å². The molecule has 2 atom stereocenters. The molecule has 17 heavy (non-hydrogen) atoms. The first-order chi connectivity index (χ1) is 8.08. The van der Waals surface area contributed by atoms with Gasteiger partial charge in [-0.05, 0) is 19.4 Å². The number of rotatable bonds is 3. The summed E-state index contributed by atoms with van der Waals surface area (Å²) in [7, 11) is 0. The number of halogens is 2. The number of benzene rings is 1. The first kappa shape index (κ1) is 12.1. The van der Waals surface area contributed by atoms with Crippen LogP contribution in [0.1, 0.15) is 13.3 Å². The lowest BCUT2D eigenvalue weighted by molar-refractivity contribution is 0.183. The van der Waals surface area contributed by atoms with E-state index in [4.69, 9.17) is 10.5 Å². The van der Waals surface area contributed by atoms with Crippen LogP contribution in [0, 0.1) is 17.6 Å². The maximum Gasteiger partial charge on any atom is 0.151 e. The van der Waals surface area contributed by atoms with Crippen molar-refractivity contribution in [1.82, 2.24) is 0 Å². The maximum absolute atomic E-state index is 13.2. The molecule has 1 aromatic rings. The third kappa shape index (κ3) is 2.66. The van der Waals surface area contributed by atoms with Gasteiger partial charge in [0, 0.05) is 24.6 Å². The Labute approximate surface area is 98.9 Å². The minimum absolute atomic E-state index is 0.0443. The van der Waals surface area contributed by atoms with E-state index < -0.39 is 11.6 Å². The Morgan fingerprint density at radius 1 is 1.47 bits per heavy atom. The minimum atomic E-state index is -0.734. The Hall–Kier alpha value is -1.36. The SMILES string of the molecule is CC(Nc1cc(F)cc(F)c1N)C1CCOC1. The molecule has 3 nitrogen and oxygen atoms in total. The van der Waals surface area contributed by atoms with Crippen molar-refractivity contribution in [2.75, 3.05) is 24.3 Å². The largest absolute Gasteiger partial charge is 0.395 e. The summed E-state index contributed by atoms with van der Waals surface area (Å²) in [5, 5.41) is 3.05. The van der Waals surface area contributed by atoms with Crippen LogP contribution in [0.2, 0.25) is 0 Å². The zero-order chi connectivity index (χ0) is 12.4. The number of nitrogen functional groups attached to an aromatic ring is 1. The van der Waals surface area contributed by atoms with Crippen LogP contribution in [0.25, 0.3) is 0 Å². The number of nitrogens with two attached hydrogens (primary N) is 1. The van der Waals surface area contributed by atoms with Gasteiger partial charge in [-0.15, -0.1) is 0 Å². The standard InChI is InChI=1S/C12H16F2N2O/c1-7(8-2-3-17-6-8)16-11-5-9(13)4-10(14)12(11)15/h4-5,7-8,16H,2-3,6,15H2,1H3. The average molecular weight is 242 g/mol. The quantitative estimate of drug-likeness (QED) is 0.800. The van der Waals surface area contributed by atoms with Gasteiger partial charge in [-0.25, -0.2) is 8.78 Å². The van der Waals surface area contributed by atoms with E-state index in [1.54, 1.807) is 0 Å². The molecule has 0 radical (unpaired) electrons. The molecule has 1 fully saturated rings. The van der Waals surface area contributed by atoms with Crippen molar-refractivity contribution >= 4 is 11.4 Å². The molecule has 94 valence electrons. The van der Waals surface area contributed by atoms with Crippen LogP contribution in [-0.2, 0) is 4.74 Å². The molecule has 0 saturated carbocycles. The first-order valence-corrected chi connectivity index (χ1v) is 5.66. The highest BCUT2D eigenvalue weighted by Crippen LogP contribution is 2.26. The van der Waals surface area contributed by atoms with Crippen LogP contribution in [0.3, 0.4) is 0 Å². The summed E-state index contributed by atoms with van der Waals surface area (Å²) in [4.78, 5) is 0. The number of anilines is 2. The van der Waals surface area contributed by atoms with E-state index >= 15 is 0 Å². The summed E-state index contributed by atoms with van der Waals surface area (Å²) in [5.74, 6) is -1.02. The van der Waals surface area contributed by atoms with E-state index in [2.05, 4.69) is 5.32 Å². The molecule has 1 heterocycles.